The molecule has 0 saturated carbocycles. The number of benzene rings is 1. The Kier molecular flexibility index (Phi) is 3.18. The van der Waals surface area contributed by atoms with Crippen LogP contribution in [0.3, 0.4) is 0 Å². The molecule has 6 nitrogen and oxygen atoms in total. The van der Waals surface area contributed by atoms with Crippen molar-refractivity contribution < 1.29 is 18.7 Å². The van der Waals surface area contributed by atoms with Crippen molar-refractivity contribution in [3.63, 3.8) is 0 Å². The molecule has 0 aliphatic heterocycles. The molecule has 94 valence electrons. The van der Waals surface area contributed by atoms with Crippen molar-refractivity contribution in [2.24, 2.45) is 5.73 Å². The number of primary amides is 1. The molecule has 2 aromatic rings. The Morgan fingerprint density at radius 1 is 1.39 bits per heavy atom. The van der Waals surface area contributed by atoms with E-state index < -0.39 is 12.1 Å². The molecule has 0 spiro atoms. The SMILES string of the molecule is CCOC(=O)N(C(N)=O)c1coc2ccccc12. The Hall–Kier alpha value is -2.50. The number of furan rings is 1. The minimum Gasteiger partial charge on any atom is -0.462 e. The molecule has 18 heavy (non-hydrogen) atoms. The maximum absolute atomic E-state index is 11.7. The summed E-state index contributed by atoms with van der Waals surface area (Å²) in [6, 6.07) is 6.09. The van der Waals surface area contributed by atoms with Crippen molar-refractivity contribution in [2.75, 3.05) is 11.5 Å². The molecule has 0 aliphatic carbocycles. The maximum Gasteiger partial charge on any atom is 0.422 e. The molecular weight excluding hydrogens is 236 g/mol. The van der Waals surface area contributed by atoms with Crippen molar-refractivity contribution in [1.82, 2.24) is 0 Å². The highest BCUT2D eigenvalue weighted by Crippen LogP contribution is 2.29. The molecule has 3 amide bonds. The van der Waals surface area contributed by atoms with E-state index in [4.69, 9.17) is 14.9 Å². The number of anilines is 1. The third kappa shape index (κ3) is 2.00. The van der Waals surface area contributed by atoms with Crippen LogP contribution >= 0.6 is 0 Å². The molecule has 0 aliphatic rings. The number of urea groups is 1. The molecular formula is C12H12N2O4. The second-order valence-corrected chi connectivity index (χ2v) is 3.49. The van der Waals surface area contributed by atoms with E-state index in [0.29, 0.717) is 11.0 Å². The average molecular weight is 248 g/mol. The quantitative estimate of drug-likeness (QED) is 0.884. The smallest absolute Gasteiger partial charge is 0.422 e. The number of amides is 3. The fourth-order valence-electron chi connectivity index (χ4n) is 1.63. The van der Waals surface area contributed by atoms with Crippen LogP contribution in [0.1, 0.15) is 6.92 Å². The summed E-state index contributed by atoms with van der Waals surface area (Å²) in [5, 5.41) is 0.615. The van der Waals surface area contributed by atoms with Crippen LogP contribution in [0.4, 0.5) is 15.3 Å². The molecule has 2 rings (SSSR count). The number of hydrogen-bond donors (Lipinski definition) is 1. The predicted molar refractivity (Wildman–Crippen MR) is 65.3 cm³/mol. The first kappa shape index (κ1) is 12.0. The van der Waals surface area contributed by atoms with E-state index in [1.54, 1.807) is 31.2 Å². The first-order chi connectivity index (χ1) is 8.65. The lowest BCUT2D eigenvalue weighted by Gasteiger charge is -2.15. The van der Waals surface area contributed by atoms with Gasteiger partial charge in [-0.05, 0) is 19.1 Å². The van der Waals surface area contributed by atoms with Crippen LogP contribution in [0.5, 0.6) is 0 Å². The molecule has 0 radical (unpaired) electrons. The fourth-order valence-corrected chi connectivity index (χ4v) is 1.63. The monoisotopic (exact) mass is 248 g/mol. The summed E-state index contributed by atoms with van der Waals surface area (Å²) in [6.07, 6.45) is 0.475. The highest BCUT2D eigenvalue weighted by atomic mass is 16.6. The highest BCUT2D eigenvalue weighted by Gasteiger charge is 2.25. The fraction of sp³-hybridized carbons (Fsp3) is 0.167. The van der Waals surface area contributed by atoms with E-state index >= 15 is 0 Å². The standard InChI is InChI=1S/C12H12N2O4/c1-2-17-12(16)14(11(13)15)9-7-18-10-6-4-3-5-8(9)10/h3-7H,2H2,1H3,(H2,13,15). The third-order valence-electron chi connectivity index (χ3n) is 2.37. The Labute approximate surface area is 103 Å². The number of nitrogens with zero attached hydrogens (tertiary/aromatic N) is 1. The molecule has 0 bridgehead atoms. The summed E-state index contributed by atoms with van der Waals surface area (Å²) < 4.78 is 10.0. The number of hydrogen-bond acceptors (Lipinski definition) is 4. The first-order valence-electron chi connectivity index (χ1n) is 5.37. The molecule has 1 aromatic heterocycles. The number of imide groups is 1. The van der Waals surface area contributed by atoms with Crippen LogP contribution in [-0.4, -0.2) is 18.7 Å². The van der Waals surface area contributed by atoms with Crippen molar-refractivity contribution >= 4 is 28.8 Å². The molecule has 0 fully saturated rings. The Balaban J connectivity index is 2.48. The summed E-state index contributed by atoms with van der Waals surface area (Å²) in [7, 11) is 0. The molecule has 2 N–H and O–H groups in total. The van der Waals surface area contributed by atoms with Crippen LogP contribution < -0.4 is 10.6 Å². The van der Waals surface area contributed by atoms with Gasteiger partial charge in [-0.15, -0.1) is 0 Å². The maximum atomic E-state index is 11.7. The van der Waals surface area contributed by atoms with E-state index in [2.05, 4.69) is 0 Å². The van der Waals surface area contributed by atoms with E-state index in [9.17, 15) is 9.59 Å². The van der Waals surface area contributed by atoms with Gasteiger partial charge in [-0.25, -0.2) is 9.59 Å². The number of nitrogens with two attached hydrogens (primary N) is 1. The summed E-state index contributed by atoms with van der Waals surface area (Å²) in [5.41, 5.74) is 6.03. The Bertz CT molecular complexity index is 591. The zero-order chi connectivity index (χ0) is 13.1. The molecule has 6 heteroatoms. The van der Waals surface area contributed by atoms with E-state index in [1.807, 2.05) is 0 Å². The average Bonchev–Trinajstić information content (AvgIpc) is 2.74. The van der Waals surface area contributed by atoms with Crippen LogP contribution in [0, 0.1) is 0 Å². The predicted octanol–water partition coefficient (Wildman–Crippen LogP) is 2.47. The third-order valence-corrected chi connectivity index (χ3v) is 2.37. The summed E-state index contributed by atoms with van der Waals surface area (Å²) in [6.45, 7) is 1.79. The van der Waals surface area contributed by atoms with Gasteiger partial charge in [0.05, 0.1) is 6.61 Å². The molecule has 1 heterocycles. The van der Waals surface area contributed by atoms with Crippen molar-refractivity contribution in [3.05, 3.63) is 30.5 Å². The number of fused-ring (bicyclic) bond motifs is 1. The molecule has 0 atom stereocenters. The van der Waals surface area contributed by atoms with Gasteiger partial charge in [0, 0.05) is 5.39 Å². The van der Waals surface area contributed by atoms with E-state index in [1.165, 1.54) is 6.26 Å². The Morgan fingerprint density at radius 2 is 2.11 bits per heavy atom. The van der Waals surface area contributed by atoms with E-state index in [-0.39, 0.29) is 12.3 Å². The lowest BCUT2D eigenvalue weighted by atomic mass is 10.2. The van der Waals surface area contributed by atoms with Crippen molar-refractivity contribution in [3.8, 4) is 0 Å². The molecule has 0 saturated heterocycles. The van der Waals surface area contributed by atoms with Crippen LogP contribution in [0.2, 0.25) is 0 Å². The van der Waals surface area contributed by atoms with Gasteiger partial charge in [0.2, 0.25) is 0 Å². The van der Waals surface area contributed by atoms with Gasteiger partial charge >= 0.3 is 12.1 Å². The lowest BCUT2D eigenvalue weighted by Crippen LogP contribution is -2.41. The minimum atomic E-state index is -0.917. The summed E-state index contributed by atoms with van der Waals surface area (Å²) in [5.74, 6) is 0. The van der Waals surface area contributed by atoms with Gasteiger partial charge in [0.1, 0.15) is 17.5 Å². The summed E-state index contributed by atoms with van der Waals surface area (Å²) in [4.78, 5) is 23.8. The van der Waals surface area contributed by atoms with Gasteiger partial charge in [-0.1, -0.05) is 12.1 Å². The second kappa shape index (κ2) is 4.79. The second-order valence-electron chi connectivity index (χ2n) is 3.49. The van der Waals surface area contributed by atoms with Gasteiger partial charge in [-0.3, -0.25) is 0 Å². The molecule has 1 aromatic carbocycles. The minimum absolute atomic E-state index is 0.151. The number of ether oxygens (including phenoxy) is 1. The van der Waals surface area contributed by atoms with E-state index in [0.717, 1.165) is 4.90 Å². The van der Waals surface area contributed by atoms with Crippen LogP contribution in [-0.2, 0) is 4.74 Å². The van der Waals surface area contributed by atoms with Gasteiger partial charge in [-0.2, -0.15) is 4.90 Å². The van der Waals surface area contributed by atoms with Gasteiger partial charge in [0.25, 0.3) is 0 Å². The van der Waals surface area contributed by atoms with Crippen LogP contribution in [0.15, 0.2) is 34.9 Å². The lowest BCUT2D eigenvalue weighted by molar-refractivity contribution is 0.160. The van der Waals surface area contributed by atoms with Crippen LogP contribution in [0.25, 0.3) is 11.0 Å². The first-order valence-corrected chi connectivity index (χ1v) is 5.37. The van der Waals surface area contributed by atoms with Gasteiger partial charge < -0.3 is 14.9 Å². The zero-order valence-electron chi connectivity index (χ0n) is 9.75. The van der Waals surface area contributed by atoms with Gasteiger partial charge in [0.15, 0.2) is 0 Å². The summed E-state index contributed by atoms with van der Waals surface area (Å²) >= 11 is 0. The normalized spacial score (nSPS) is 10.3. The molecule has 0 unspecified atom stereocenters. The van der Waals surface area contributed by atoms with Crippen molar-refractivity contribution in [2.45, 2.75) is 6.92 Å². The number of carbonyl (C=O) groups excluding carboxylic acids is 2. The Morgan fingerprint density at radius 3 is 2.78 bits per heavy atom. The number of para-hydroxylation sites is 1. The topological polar surface area (TPSA) is 85.8 Å². The zero-order valence-corrected chi connectivity index (χ0v) is 9.75. The largest absolute Gasteiger partial charge is 0.462 e. The highest BCUT2D eigenvalue weighted by molar-refractivity contribution is 6.15. The number of carbonyl (C=O) groups is 2. The number of rotatable bonds is 2. The van der Waals surface area contributed by atoms with Crippen molar-refractivity contribution in [1.29, 1.82) is 0 Å².